The van der Waals surface area contributed by atoms with Gasteiger partial charge < -0.3 is 0 Å². The van der Waals surface area contributed by atoms with E-state index in [1.165, 1.54) is 75.3 Å². The van der Waals surface area contributed by atoms with Crippen molar-refractivity contribution in [2.45, 2.75) is 84.5 Å². The topological polar surface area (TPSA) is 25.8 Å². The summed E-state index contributed by atoms with van der Waals surface area (Å²) in [6, 6.07) is 8.92. The molecule has 1 heterocycles. The van der Waals surface area contributed by atoms with Crippen LogP contribution in [-0.4, -0.2) is 9.97 Å². The van der Waals surface area contributed by atoms with Crippen molar-refractivity contribution < 1.29 is 0 Å². The fourth-order valence-corrected chi connectivity index (χ4v) is 4.42. The summed E-state index contributed by atoms with van der Waals surface area (Å²) in [6.07, 6.45) is 18.6. The second-order valence-electron chi connectivity index (χ2n) is 8.43. The molecule has 1 aromatic heterocycles. The van der Waals surface area contributed by atoms with E-state index in [2.05, 4.69) is 48.1 Å². The van der Waals surface area contributed by atoms with Gasteiger partial charge >= 0.3 is 0 Å². The van der Waals surface area contributed by atoms with Gasteiger partial charge in [0.2, 0.25) is 0 Å². The zero-order valence-electron chi connectivity index (χ0n) is 17.3. The van der Waals surface area contributed by atoms with Gasteiger partial charge in [0.05, 0.1) is 0 Å². The molecule has 0 N–H and O–H groups in total. The molecule has 27 heavy (non-hydrogen) atoms. The van der Waals surface area contributed by atoms with Crippen LogP contribution in [0, 0.1) is 11.8 Å². The molecule has 0 unspecified atom stereocenters. The molecule has 1 saturated carbocycles. The molecule has 2 nitrogen and oxygen atoms in total. The summed E-state index contributed by atoms with van der Waals surface area (Å²) in [5.41, 5.74) is 3.82. The van der Waals surface area contributed by atoms with E-state index in [1.807, 2.05) is 12.4 Å². The van der Waals surface area contributed by atoms with Crippen LogP contribution in [0.3, 0.4) is 0 Å². The largest absolute Gasteiger partial charge is 0.236 e. The van der Waals surface area contributed by atoms with Gasteiger partial charge in [-0.1, -0.05) is 83.1 Å². The second kappa shape index (κ2) is 10.6. The summed E-state index contributed by atoms with van der Waals surface area (Å²) >= 11 is 0. The first-order chi connectivity index (χ1) is 13.3. The van der Waals surface area contributed by atoms with Gasteiger partial charge in [0.1, 0.15) is 0 Å². The van der Waals surface area contributed by atoms with Gasteiger partial charge in [0.15, 0.2) is 5.82 Å². The molecule has 0 aliphatic heterocycles. The van der Waals surface area contributed by atoms with E-state index < -0.39 is 0 Å². The van der Waals surface area contributed by atoms with Gasteiger partial charge in [-0.2, -0.15) is 0 Å². The van der Waals surface area contributed by atoms with Gasteiger partial charge in [0, 0.05) is 18.0 Å². The van der Waals surface area contributed by atoms with Crippen LogP contribution in [0.4, 0.5) is 0 Å². The Kier molecular flexibility index (Phi) is 7.86. The normalized spacial score (nSPS) is 19.9. The molecule has 0 atom stereocenters. The lowest BCUT2D eigenvalue weighted by atomic mass is 9.78. The summed E-state index contributed by atoms with van der Waals surface area (Å²) in [5, 5.41) is 0. The number of unbranched alkanes of at least 4 members (excludes halogenated alkanes) is 1. The standard InChI is InChI=1S/C25H36N2/c1-3-5-7-23-18-26-25(27-19-23)24-16-14-22(15-17-24)13-12-21-10-8-20(6-4-2)9-11-21/h14-21H,3-13H2,1-2H3. The third-order valence-corrected chi connectivity index (χ3v) is 6.24. The number of benzene rings is 1. The van der Waals surface area contributed by atoms with Crippen LogP contribution in [0.15, 0.2) is 36.7 Å². The van der Waals surface area contributed by atoms with Crippen LogP contribution in [0.5, 0.6) is 0 Å². The van der Waals surface area contributed by atoms with Crippen molar-refractivity contribution in [1.29, 1.82) is 0 Å². The molecular formula is C25H36N2. The second-order valence-corrected chi connectivity index (χ2v) is 8.43. The Morgan fingerprint density at radius 3 is 1.96 bits per heavy atom. The van der Waals surface area contributed by atoms with E-state index in [0.717, 1.165) is 29.6 Å². The Balaban J connectivity index is 1.47. The number of hydrogen-bond acceptors (Lipinski definition) is 2. The molecule has 2 aromatic rings. The van der Waals surface area contributed by atoms with Gasteiger partial charge in [-0.05, 0) is 48.6 Å². The summed E-state index contributed by atoms with van der Waals surface area (Å²) in [4.78, 5) is 9.12. The predicted octanol–water partition coefficient (Wildman–Crippen LogP) is 7.03. The van der Waals surface area contributed by atoms with E-state index in [0.29, 0.717) is 0 Å². The summed E-state index contributed by atoms with van der Waals surface area (Å²) in [7, 11) is 0. The quantitative estimate of drug-likeness (QED) is 0.477. The third kappa shape index (κ3) is 6.16. The maximum absolute atomic E-state index is 4.56. The number of aromatic nitrogens is 2. The summed E-state index contributed by atoms with van der Waals surface area (Å²) < 4.78 is 0. The monoisotopic (exact) mass is 364 g/mol. The van der Waals surface area contributed by atoms with Crippen molar-refractivity contribution in [3.63, 3.8) is 0 Å². The maximum Gasteiger partial charge on any atom is 0.159 e. The number of aryl methyl sites for hydroxylation is 2. The average Bonchev–Trinajstić information content (AvgIpc) is 2.73. The molecule has 3 rings (SSSR count). The van der Waals surface area contributed by atoms with Gasteiger partial charge in [-0.3, -0.25) is 0 Å². The van der Waals surface area contributed by atoms with Gasteiger partial charge in [0.25, 0.3) is 0 Å². The van der Waals surface area contributed by atoms with E-state index in [1.54, 1.807) is 0 Å². The molecular weight excluding hydrogens is 328 g/mol. The molecule has 1 aliphatic rings. The molecule has 2 heteroatoms. The SMILES string of the molecule is CCCCc1cnc(-c2ccc(CCC3CCC(CCC)CC3)cc2)nc1. The Hall–Kier alpha value is -1.70. The lowest BCUT2D eigenvalue weighted by Crippen LogP contribution is -2.15. The van der Waals surface area contributed by atoms with Crippen molar-refractivity contribution >= 4 is 0 Å². The minimum absolute atomic E-state index is 0.844. The highest BCUT2D eigenvalue weighted by atomic mass is 14.9. The van der Waals surface area contributed by atoms with Crippen LogP contribution in [0.2, 0.25) is 0 Å². The van der Waals surface area contributed by atoms with Crippen molar-refractivity contribution in [2.75, 3.05) is 0 Å². The highest BCUT2D eigenvalue weighted by molar-refractivity contribution is 5.55. The van der Waals surface area contributed by atoms with E-state index >= 15 is 0 Å². The van der Waals surface area contributed by atoms with Crippen molar-refractivity contribution in [3.8, 4) is 11.4 Å². The lowest BCUT2D eigenvalue weighted by molar-refractivity contribution is 0.252. The van der Waals surface area contributed by atoms with Crippen LogP contribution in [0.25, 0.3) is 11.4 Å². The number of rotatable bonds is 9. The van der Waals surface area contributed by atoms with Crippen LogP contribution < -0.4 is 0 Å². The summed E-state index contributed by atoms with van der Waals surface area (Å²) in [6.45, 7) is 4.54. The zero-order valence-corrected chi connectivity index (χ0v) is 17.3. The third-order valence-electron chi connectivity index (χ3n) is 6.24. The van der Waals surface area contributed by atoms with Gasteiger partial charge in [-0.25, -0.2) is 9.97 Å². The van der Waals surface area contributed by atoms with Gasteiger partial charge in [-0.15, -0.1) is 0 Å². The van der Waals surface area contributed by atoms with E-state index in [-0.39, 0.29) is 0 Å². The summed E-state index contributed by atoms with van der Waals surface area (Å²) in [5.74, 6) is 2.80. The van der Waals surface area contributed by atoms with Crippen LogP contribution in [-0.2, 0) is 12.8 Å². The minimum Gasteiger partial charge on any atom is -0.236 e. The highest BCUT2D eigenvalue weighted by Crippen LogP contribution is 2.33. The van der Waals surface area contributed by atoms with Crippen molar-refractivity contribution in [2.24, 2.45) is 11.8 Å². The molecule has 1 aliphatic carbocycles. The molecule has 0 spiro atoms. The molecule has 0 bridgehead atoms. The minimum atomic E-state index is 0.844. The molecule has 146 valence electrons. The number of nitrogens with zero attached hydrogens (tertiary/aromatic N) is 2. The first kappa shape index (κ1) is 20.0. The smallest absolute Gasteiger partial charge is 0.159 e. The Bertz CT molecular complexity index is 652. The van der Waals surface area contributed by atoms with E-state index in [4.69, 9.17) is 0 Å². The molecule has 1 fully saturated rings. The Morgan fingerprint density at radius 1 is 0.741 bits per heavy atom. The van der Waals surface area contributed by atoms with Crippen molar-refractivity contribution in [1.82, 2.24) is 9.97 Å². The first-order valence-electron chi connectivity index (χ1n) is 11.2. The Morgan fingerprint density at radius 2 is 1.37 bits per heavy atom. The molecule has 0 amide bonds. The van der Waals surface area contributed by atoms with Crippen LogP contribution in [0.1, 0.15) is 82.8 Å². The lowest BCUT2D eigenvalue weighted by Gasteiger charge is -2.28. The fraction of sp³-hybridized carbons (Fsp3) is 0.600. The van der Waals surface area contributed by atoms with Crippen LogP contribution >= 0.6 is 0 Å². The molecule has 0 radical (unpaired) electrons. The van der Waals surface area contributed by atoms with Crippen molar-refractivity contribution in [3.05, 3.63) is 47.8 Å². The fourth-order valence-electron chi connectivity index (χ4n) is 4.42. The Labute approximate surface area is 165 Å². The van der Waals surface area contributed by atoms with E-state index in [9.17, 15) is 0 Å². The predicted molar refractivity (Wildman–Crippen MR) is 115 cm³/mol. The molecule has 1 aromatic carbocycles. The maximum atomic E-state index is 4.56. The highest BCUT2D eigenvalue weighted by Gasteiger charge is 2.20. The number of hydrogen-bond donors (Lipinski definition) is 0. The zero-order chi connectivity index (χ0) is 18.9. The molecule has 0 saturated heterocycles. The average molecular weight is 365 g/mol. The first-order valence-corrected chi connectivity index (χ1v) is 11.2.